The van der Waals surface area contributed by atoms with Crippen LogP contribution in [0, 0.1) is 0 Å². The van der Waals surface area contributed by atoms with E-state index in [-0.39, 0.29) is 29.4 Å². The largest absolute Gasteiger partial charge is 0.475 e. The van der Waals surface area contributed by atoms with Gasteiger partial charge in [0, 0.05) is 18.2 Å². The fourth-order valence-electron chi connectivity index (χ4n) is 2.43. The Balaban J connectivity index is 2.21. The predicted octanol–water partition coefficient (Wildman–Crippen LogP) is 1.78. The summed E-state index contributed by atoms with van der Waals surface area (Å²) in [6.45, 7) is 3.98. The first-order valence-corrected chi connectivity index (χ1v) is 6.03. The van der Waals surface area contributed by atoms with Gasteiger partial charge in [0.05, 0.1) is 0 Å². The molecule has 0 radical (unpaired) electrons. The molecule has 1 aromatic rings. The molecule has 2 atom stereocenters. The van der Waals surface area contributed by atoms with Crippen LogP contribution in [-0.2, 0) is 0 Å². The number of carbonyl (C=O) groups excluding carboxylic acids is 1. The zero-order valence-electron chi connectivity index (χ0n) is 10.4. The number of carbonyl (C=O) groups is 2. The van der Waals surface area contributed by atoms with E-state index in [9.17, 15) is 9.59 Å². The number of piperidine rings is 1. The molecule has 2 unspecified atom stereocenters. The van der Waals surface area contributed by atoms with Crippen LogP contribution < -0.4 is 0 Å². The number of nitrogens with zero attached hydrogens (tertiary/aromatic N) is 2. The zero-order chi connectivity index (χ0) is 13.3. The van der Waals surface area contributed by atoms with Gasteiger partial charge in [-0.1, -0.05) is 5.16 Å². The Labute approximate surface area is 105 Å². The SMILES string of the molecule is CC1CCCC(C)N1C(=O)c1cc(C(=O)O)on1. The molecule has 0 spiro atoms. The van der Waals surface area contributed by atoms with Crippen LogP contribution in [0.3, 0.4) is 0 Å². The van der Waals surface area contributed by atoms with Gasteiger partial charge >= 0.3 is 5.97 Å². The van der Waals surface area contributed by atoms with Crippen molar-refractivity contribution >= 4 is 11.9 Å². The second kappa shape index (κ2) is 4.80. The van der Waals surface area contributed by atoms with E-state index in [2.05, 4.69) is 9.68 Å². The smallest absolute Gasteiger partial charge is 0.374 e. The maximum absolute atomic E-state index is 12.3. The molecule has 2 rings (SSSR count). The Morgan fingerprint density at radius 2 is 2.00 bits per heavy atom. The van der Waals surface area contributed by atoms with Gasteiger partial charge in [0.1, 0.15) is 0 Å². The van der Waals surface area contributed by atoms with Gasteiger partial charge in [-0.15, -0.1) is 0 Å². The summed E-state index contributed by atoms with van der Waals surface area (Å²) in [7, 11) is 0. The van der Waals surface area contributed by atoms with Gasteiger partial charge < -0.3 is 14.5 Å². The third kappa shape index (κ3) is 2.23. The minimum Gasteiger partial charge on any atom is -0.475 e. The lowest BCUT2D eigenvalue weighted by molar-refractivity contribution is 0.0498. The molecule has 6 heteroatoms. The Morgan fingerprint density at radius 3 is 2.50 bits per heavy atom. The second-order valence-electron chi connectivity index (χ2n) is 4.72. The second-order valence-corrected chi connectivity index (χ2v) is 4.72. The van der Waals surface area contributed by atoms with Gasteiger partial charge in [-0.25, -0.2) is 4.79 Å². The van der Waals surface area contributed by atoms with Crippen molar-refractivity contribution in [1.29, 1.82) is 0 Å². The van der Waals surface area contributed by atoms with Crippen molar-refractivity contribution < 1.29 is 19.2 Å². The first-order valence-electron chi connectivity index (χ1n) is 6.03. The summed E-state index contributed by atoms with van der Waals surface area (Å²) in [4.78, 5) is 24.7. The summed E-state index contributed by atoms with van der Waals surface area (Å²) in [5.41, 5.74) is 0.0630. The average molecular weight is 252 g/mol. The third-order valence-electron chi connectivity index (χ3n) is 3.37. The van der Waals surface area contributed by atoms with Gasteiger partial charge in [0.15, 0.2) is 5.69 Å². The van der Waals surface area contributed by atoms with E-state index >= 15 is 0 Å². The average Bonchev–Trinajstić information content (AvgIpc) is 2.77. The van der Waals surface area contributed by atoms with Crippen molar-refractivity contribution in [3.63, 3.8) is 0 Å². The number of hydrogen-bond donors (Lipinski definition) is 1. The Morgan fingerprint density at radius 1 is 1.39 bits per heavy atom. The van der Waals surface area contributed by atoms with Crippen LogP contribution in [0.5, 0.6) is 0 Å². The normalized spacial score (nSPS) is 24.0. The predicted molar refractivity (Wildman–Crippen MR) is 62.4 cm³/mol. The first kappa shape index (κ1) is 12.6. The summed E-state index contributed by atoms with van der Waals surface area (Å²) >= 11 is 0. The van der Waals surface area contributed by atoms with Crippen molar-refractivity contribution in [2.75, 3.05) is 0 Å². The molecule has 1 aromatic heterocycles. The van der Waals surface area contributed by atoms with Crippen molar-refractivity contribution in [3.05, 3.63) is 17.5 Å². The molecular weight excluding hydrogens is 236 g/mol. The van der Waals surface area contributed by atoms with Crippen LogP contribution in [-0.4, -0.2) is 39.1 Å². The van der Waals surface area contributed by atoms with E-state index in [0.29, 0.717) is 0 Å². The molecule has 0 bridgehead atoms. The highest BCUT2D eigenvalue weighted by molar-refractivity contribution is 5.95. The molecule has 0 aromatic carbocycles. The first-order chi connectivity index (χ1) is 8.50. The van der Waals surface area contributed by atoms with E-state index in [1.807, 2.05) is 13.8 Å². The van der Waals surface area contributed by atoms with Gasteiger partial charge in [-0.3, -0.25) is 4.79 Å². The molecule has 1 fully saturated rings. The number of aromatic carboxylic acids is 1. The summed E-state index contributed by atoms with van der Waals surface area (Å²) < 4.78 is 4.61. The fourth-order valence-corrected chi connectivity index (χ4v) is 2.43. The number of rotatable bonds is 2. The number of carboxylic acids is 1. The van der Waals surface area contributed by atoms with E-state index in [0.717, 1.165) is 19.3 Å². The van der Waals surface area contributed by atoms with Gasteiger partial charge in [0.2, 0.25) is 5.76 Å². The van der Waals surface area contributed by atoms with E-state index in [1.165, 1.54) is 6.07 Å². The number of hydrogen-bond acceptors (Lipinski definition) is 4. The number of aromatic nitrogens is 1. The summed E-state index contributed by atoms with van der Waals surface area (Å²) in [5, 5.41) is 12.3. The van der Waals surface area contributed by atoms with E-state index < -0.39 is 5.97 Å². The van der Waals surface area contributed by atoms with E-state index in [4.69, 9.17) is 5.11 Å². The monoisotopic (exact) mass is 252 g/mol. The number of carboxylic acid groups (broad SMARTS) is 1. The molecule has 18 heavy (non-hydrogen) atoms. The minimum absolute atomic E-state index is 0.0630. The van der Waals surface area contributed by atoms with Crippen molar-refractivity contribution in [2.45, 2.75) is 45.2 Å². The van der Waals surface area contributed by atoms with Gasteiger partial charge in [-0.2, -0.15) is 0 Å². The van der Waals surface area contributed by atoms with Crippen LogP contribution in [0.25, 0.3) is 0 Å². The fraction of sp³-hybridized carbons (Fsp3) is 0.583. The van der Waals surface area contributed by atoms with Crippen molar-refractivity contribution in [3.8, 4) is 0 Å². The maximum Gasteiger partial charge on any atom is 0.374 e. The standard InChI is InChI=1S/C12H16N2O4/c1-7-4-3-5-8(2)14(7)11(15)9-6-10(12(16)17)18-13-9/h6-8H,3-5H2,1-2H3,(H,16,17). The van der Waals surface area contributed by atoms with Crippen molar-refractivity contribution in [2.24, 2.45) is 0 Å². The Bertz CT molecular complexity index is 458. The molecular formula is C12H16N2O4. The summed E-state index contributed by atoms with van der Waals surface area (Å²) in [6, 6.07) is 1.47. The van der Waals surface area contributed by atoms with Crippen LogP contribution in [0.15, 0.2) is 10.6 Å². The Kier molecular flexibility index (Phi) is 3.36. The lowest BCUT2D eigenvalue weighted by Crippen LogP contribution is -2.47. The van der Waals surface area contributed by atoms with Crippen LogP contribution in [0.1, 0.15) is 54.2 Å². The molecule has 1 aliphatic rings. The molecule has 1 aliphatic heterocycles. The molecule has 98 valence electrons. The van der Waals surface area contributed by atoms with Crippen LogP contribution in [0.4, 0.5) is 0 Å². The minimum atomic E-state index is -1.22. The van der Waals surface area contributed by atoms with Crippen LogP contribution in [0.2, 0.25) is 0 Å². The highest BCUT2D eigenvalue weighted by Crippen LogP contribution is 2.24. The molecule has 1 saturated heterocycles. The molecule has 1 amide bonds. The van der Waals surface area contributed by atoms with Crippen molar-refractivity contribution in [1.82, 2.24) is 10.1 Å². The quantitative estimate of drug-likeness (QED) is 0.867. The highest BCUT2D eigenvalue weighted by Gasteiger charge is 2.31. The maximum atomic E-state index is 12.3. The molecule has 0 aliphatic carbocycles. The molecule has 1 N–H and O–H groups in total. The zero-order valence-corrected chi connectivity index (χ0v) is 10.4. The number of amides is 1. The summed E-state index contributed by atoms with van der Waals surface area (Å²) in [5.74, 6) is -1.79. The number of likely N-dealkylation sites (tertiary alicyclic amines) is 1. The highest BCUT2D eigenvalue weighted by atomic mass is 16.5. The molecule has 6 nitrogen and oxygen atoms in total. The molecule has 0 saturated carbocycles. The topological polar surface area (TPSA) is 83.6 Å². The lowest BCUT2D eigenvalue weighted by Gasteiger charge is -2.38. The summed E-state index contributed by atoms with van der Waals surface area (Å²) in [6.07, 6.45) is 3.02. The Hall–Kier alpha value is -1.85. The third-order valence-corrected chi connectivity index (χ3v) is 3.37. The lowest BCUT2D eigenvalue weighted by atomic mass is 9.97. The van der Waals surface area contributed by atoms with E-state index in [1.54, 1.807) is 4.90 Å². The van der Waals surface area contributed by atoms with Crippen LogP contribution >= 0.6 is 0 Å². The molecule has 2 heterocycles. The van der Waals surface area contributed by atoms with Gasteiger partial charge in [-0.05, 0) is 33.1 Å². The van der Waals surface area contributed by atoms with Gasteiger partial charge in [0.25, 0.3) is 5.91 Å².